The van der Waals surface area contributed by atoms with Gasteiger partial charge in [-0.3, -0.25) is 4.79 Å². The van der Waals surface area contributed by atoms with E-state index in [0.717, 1.165) is 5.56 Å². The summed E-state index contributed by atoms with van der Waals surface area (Å²) in [4.78, 5) is 12.3. The quantitative estimate of drug-likeness (QED) is 0.928. The topological polar surface area (TPSA) is 64.3 Å². The van der Waals surface area contributed by atoms with Gasteiger partial charge in [0, 0.05) is 24.7 Å². The highest BCUT2D eigenvalue weighted by Gasteiger charge is 2.42. The molecule has 0 spiro atoms. The summed E-state index contributed by atoms with van der Waals surface area (Å²) in [6, 6.07) is 8.06. The third kappa shape index (κ3) is 3.27. The lowest BCUT2D eigenvalue weighted by Gasteiger charge is -2.24. The third-order valence-corrected chi connectivity index (χ3v) is 3.53. The summed E-state index contributed by atoms with van der Waals surface area (Å²) < 4.78 is 38.1. The lowest BCUT2D eigenvalue weighted by atomic mass is 9.98. The number of anilines is 1. The van der Waals surface area contributed by atoms with Crippen molar-refractivity contribution in [1.82, 2.24) is 0 Å². The van der Waals surface area contributed by atoms with Crippen LogP contribution >= 0.6 is 0 Å². The summed E-state index contributed by atoms with van der Waals surface area (Å²) in [6.45, 7) is -0.299. The molecule has 21 heavy (non-hydrogen) atoms. The molecular formula is C14H13F3N2O2. The number of hydrogen-bond donors (Lipinski definition) is 1. The van der Waals surface area contributed by atoms with E-state index in [-0.39, 0.29) is 18.9 Å². The molecule has 0 aliphatic carbocycles. The first-order chi connectivity index (χ1) is 9.82. The molecule has 1 aliphatic heterocycles. The molecule has 0 saturated carbocycles. The van der Waals surface area contributed by atoms with Crippen LogP contribution in [0.15, 0.2) is 24.3 Å². The summed E-state index contributed by atoms with van der Waals surface area (Å²) in [5, 5.41) is 17.6. The zero-order valence-electron chi connectivity index (χ0n) is 11.0. The number of carbonyl (C=O) groups is 1. The molecule has 0 radical (unpaired) electrons. The van der Waals surface area contributed by atoms with Gasteiger partial charge in [-0.25, -0.2) is 0 Å². The number of nitriles is 1. The minimum Gasteiger partial charge on any atom is -0.481 e. The number of nitrogens with zero attached hydrogens (tertiary/aromatic N) is 2. The zero-order valence-corrected chi connectivity index (χ0v) is 11.0. The number of fused-ring (bicyclic) bond motifs is 1. The molecule has 1 aromatic carbocycles. The molecule has 1 aliphatic rings. The number of alkyl halides is 3. The Kier molecular flexibility index (Phi) is 4.07. The molecule has 0 bridgehead atoms. The lowest BCUT2D eigenvalue weighted by Crippen LogP contribution is -2.35. The van der Waals surface area contributed by atoms with Gasteiger partial charge in [-0.2, -0.15) is 18.4 Å². The van der Waals surface area contributed by atoms with Gasteiger partial charge in [0.15, 0.2) is 5.92 Å². The van der Waals surface area contributed by atoms with Gasteiger partial charge < -0.3 is 10.0 Å². The smallest absolute Gasteiger partial charge is 0.406 e. The zero-order chi connectivity index (χ0) is 15.6. The SMILES string of the molecule is N#CC(CN1CC(CC(=O)O)c2ccccc21)C(F)(F)F. The Hall–Kier alpha value is -2.23. The van der Waals surface area contributed by atoms with Crippen LogP contribution in [0.1, 0.15) is 17.9 Å². The maximum Gasteiger partial charge on any atom is 0.406 e. The van der Waals surface area contributed by atoms with E-state index in [9.17, 15) is 18.0 Å². The highest BCUT2D eigenvalue weighted by Crippen LogP contribution is 2.39. The van der Waals surface area contributed by atoms with E-state index in [2.05, 4.69) is 0 Å². The van der Waals surface area contributed by atoms with Crippen molar-refractivity contribution >= 4 is 11.7 Å². The third-order valence-electron chi connectivity index (χ3n) is 3.53. The normalized spacial score (nSPS) is 19.0. The molecule has 0 amide bonds. The van der Waals surface area contributed by atoms with Gasteiger partial charge in [-0.15, -0.1) is 0 Å². The summed E-state index contributed by atoms with van der Waals surface area (Å²) in [6.07, 6.45) is -4.73. The second-order valence-electron chi connectivity index (χ2n) is 4.98. The molecule has 2 unspecified atom stereocenters. The van der Waals surface area contributed by atoms with Crippen molar-refractivity contribution in [3.8, 4) is 6.07 Å². The predicted molar refractivity (Wildman–Crippen MR) is 68.8 cm³/mol. The maximum atomic E-state index is 12.7. The standard InChI is InChI=1S/C14H13F3N2O2/c15-14(16,17)10(6-18)8-19-7-9(5-13(20)21)11-3-1-2-4-12(11)19/h1-4,9-10H,5,7-8H2,(H,20,21). The fourth-order valence-electron chi connectivity index (χ4n) is 2.58. The molecule has 1 heterocycles. The van der Waals surface area contributed by atoms with Gasteiger partial charge in [0.05, 0.1) is 12.5 Å². The van der Waals surface area contributed by atoms with Crippen LogP contribution in [-0.4, -0.2) is 30.3 Å². The van der Waals surface area contributed by atoms with Crippen LogP contribution in [0.5, 0.6) is 0 Å². The number of carboxylic acid groups (broad SMARTS) is 1. The summed E-state index contributed by atoms with van der Waals surface area (Å²) in [5.41, 5.74) is 1.30. The number of benzene rings is 1. The van der Waals surface area contributed by atoms with E-state index in [1.165, 1.54) is 11.0 Å². The largest absolute Gasteiger partial charge is 0.481 e. The second-order valence-corrected chi connectivity index (χ2v) is 4.98. The van der Waals surface area contributed by atoms with Crippen LogP contribution in [0, 0.1) is 17.2 Å². The molecule has 0 saturated heterocycles. The Bertz CT molecular complexity index is 580. The Morgan fingerprint density at radius 2 is 2.14 bits per heavy atom. The van der Waals surface area contributed by atoms with Crippen molar-refractivity contribution < 1.29 is 23.1 Å². The van der Waals surface area contributed by atoms with Gasteiger partial charge in [0.2, 0.25) is 0 Å². The number of hydrogen-bond acceptors (Lipinski definition) is 3. The molecule has 112 valence electrons. The van der Waals surface area contributed by atoms with E-state index >= 15 is 0 Å². The van der Waals surface area contributed by atoms with Crippen molar-refractivity contribution in [3.63, 3.8) is 0 Å². The van der Waals surface area contributed by atoms with Crippen LogP contribution in [0.25, 0.3) is 0 Å². The van der Waals surface area contributed by atoms with Gasteiger partial charge in [-0.05, 0) is 11.6 Å². The second kappa shape index (κ2) is 5.64. The molecule has 0 aromatic heterocycles. The summed E-state index contributed by atoms with van der Waals surface area (Å²) >= 11 is 0. The first-order valence-corrected chi connectivity index (χ1v) is 6.35. The van der Waals surface area contributed by atoms with E-state index < -0.39 is 24.6 Å². The van der Waals surface area contributed by atoms with Crippen molar-refractivity contribution in [2.75, 3.05) is 18.0 Å². The number of para-hydroxylation sites is 1. The number of aliphatic carboxylic acids is 1. The first-order valence-electron chi connectivity index (χ1n) is 6.35. The van der Waals surface area contributed by atoms with Crippen molar-refractivity contribution in [2.24, 2.45) is 5.92 Å². The molecule has 4 nitrogen and oxygen atoms in total. The lowest BCUT2D eigenvalue weighted by molar-refractivity contribution is -0.156. The van der Waals surface area contributed by atoms with Crippen LogP contribution < -0.4 is 4.90 Å². The molecule has 7 heteroatoms. The van der Waals surface area contributed by atoms with Gasteiger partial charge in [-0.1, -0.05) is 18.2 Å². The maximum absolute atomic E-state index is 12.7. The van der Waals surface area contributed by atoms with E-state index in [0.29, 0.717) is 5.69 Å². The fourth-order valence-corrected chi connectivity index (χ4v) is 2.58. The summed E-state index contributed by atoms with van der Waals surface area (Å²) in [7, 11) is 0. The first kappa shape index (κ1) is 15.2. The Balaban J connectivity index is 2.23. The number of carboxylic acids is 1. The molecule has 0 fully saturated rings. The van der Waals surface area contributed by atoms with Gasteiger partial charge >= 0.3 is 12.1 Å². The van der Waals surface area contributed by atoms with Crippen molar-refractivity contribution in [3.05, 3.63) is 29.8 Å². The van der Waals surface area contributed by atoms with Crippen LogP contribution in [0.4, 0.5) is 18.9 Å². The van der Waals surface area contributed by atoms with E-state index in [1.54, 1.807) is 24.3 Å². The van der Waals surface area contributed by atoms with E-state index in [4.69, 9.17) is 10.4 Å². The molecule has 2 rings (SSSR count). The van der Waals surface area contributed by atoms with Crippen molar-refractivity contribution in [2.45, 2.75) is 18.5 Å². The van der Waals surface area contributed by atoms with Crippen LogP contribution in [-0.2, 0) is 4.79 Å². The van der Waals surface area contributed by atoms with Gasteiger partial charge in [0.1, 0.15) is 0 Å². The highest BCUT2D eigenvalue weighted by atomic mass is 19.4. The van der Waals surface area contributed by atoms with Crippen molar-refractivity contribution in [1.29, 1.82) is 5.26 Å². The minimum atomic E-state index is -4.59. The minimum absolute atomic E-state index is 0.142. The van der Waals surface area contributed by atoms with Crippen LogP contribution in [0.2, 0.25) is 0 Å². The van der Waals surface area contributed by atoms with E-state index in [1.807, 2.05) is 0 Å². The molecule has 1 aromatic rings. The molecular weight excluding hydrogens is 285 g/mol. The average molecular weight is 298 g/mol. The predicted octanol–water partition coefficient (Wildman–Crippen LogP) is 2.77. The number of rotatable bonds is 4. The highest BCUT2D eigenvalue weighted by molar-refractivity contribution is 5.71. The summed E-state index contributed by atoms with van der Waals surface area (Å²) in [5.74, 6) is -3.44. The monoisotopic (exact) mass is 298 g/mol. The average Bonchev–Trinajstić information content (AvgIpc) is 2.72. The van der Waals surface area contributed by atoms with Crippen LogP contribution in [0.3, 0.4) is 0 Å². The Morgan fingerprint density at radius 3 is 2.71 bits per heavy atom. The molecule has 2 atom stereocenters. The van der Waals surface area contributed by atoms with Gasteiger partial charge in [0.25, 0.3) is 0 Å². The Labute approximate surface area is 119 Å². The molecule has 1 N–H and O–H groups in total. The Morgan fingerprint density at radius 1 is 1.48 bits per heavy atom. The number of halogens is 3. The fraction of sp³-hybridized carbons (Fsp3) is 0.429.